The number of rotatable bonds is 7. The number of nitrogens with zero attached hydrogens (tertiary/aromatic N) is 1. The summed E-state index contributed by atoms with van der Waals surface area (Å²) < 4.78 is 73.7. The Bertz CT molecular complexity index is 1700. The molecule has 16 heteroatoms. The number of carbonyl (C=O) groups is 3. The van der Waals surface area contributed by atoms with E-state index >= 15 is 0 Å². The molecule has 1 saturated heterocycles. The number of ether oxygens (including phenoxy) is 1. The molecule has 3 fully saturated rings. The third-order valence-electron chi connectivity index (χ3n) is 9.31. The lowest BCUT2D eigenvalue weighted by Crippen LogP contribution is -2.57. The van der Waals surface area contributed by atoms with Crippen LogP contribution in [-0.2, 0) is 19.4 Å². The Morgan fingerprint density at radius 3 is 2.23 bits per heavy atom. The fraction of sp³-hybridized carbons (Fsp3) is 0.531. The van der Waals surface area contributed by atoms with Crippen molar-refractivity contribution in [1.82, 2.24) is 10.2 Å². The second kappa shape index (κ2) is 13.1. The Morgan fingerprint density at radius 1 is 1.04 bits per heavy atom. The Kier molecular flexibility index (Phi) is 9.83. The highest BCUT2D eigenvalue weighted by Gasteiger charge is 2.56. The van der Waals surface area contributed by atoms with Gasteiger partial charge in [0.1, 0.15) is 11.6 Å². The summed E-state index contributed by atoms with van der Waals surface area (Å²) >= 11 is 6.29. The van der Waals surface area contributed by atoms with E-state index in [4.69, 9.17) is 16.3 Å². The van der Waals surface area contributed by atoms with Crippen LogP contribution in [0.15, 0.2) is 35.2 Å². The maximum absolute atomic E-state index is 13.9. The van der Waals surface area contributed by atoms with Crippen LogP contribution in [-0.4, -0.2) is 83.1 Å². The van der Waals surface area contributed by atoms with Gasteiger partial charge in [0.2, 0.25) is 5.91 Å². The summed E-state index contributed by atoms with van der Waals surface area (Å²) in [7, 11) is -4.16. The number of amides is 3. The van der Waals surface area contributed by atoms with Crippen molar-refractivity contribution in [2.45, 2.75) is 86.4 Å². The van der Waals surface area contributed by atoms with Crippen LogP contribution in [0.25, 0.3) is 0 Å². The molecule has 3 amide bonds. The molecule has 2 unspecified atom stereocenters. The van der Waals surface area contributed by atoms with E-state index in [0.717, 1.165) is 11.0 Å². The predicted octanol–water partition coefficient (Wildman–Crippen LogP) is 4.19. The number of hydrogen-bond donors (Lipinski definition) is 4. The Balaban J connectivity index is 1.27. The number of halogens is 4. The number of likely N-dealkylation sites (tertiary alicyclic amines) is 1. The molecule has 2 saturated carbocycles. The molecule has 0 radical (unpaired) electrons. The molecule has 2 aromatic rings. The highest BCUT2D eigenvalue weighted by atomic mass is 35.5. The van der Waals surface area contributed by atoms with Gasteiger partial charge in [0.25, 0.3) is 5.91 Å². The molecular weight excluding hydrogens is 679 g/mol. The van der Waals surface area contributed by atoms with Gasteiger partial charge in [0.05, 0.1) is 33.4 Å². The van der Waals surface area contributed by atoms with Crippen LogP contribution >= 0.6 is 11.6 Å². The minimum atomic E-state index is -4.16. The fourth-order valence-electron chi connectivity index (χ4n) is 6.96. The Hall–Kier alpha value is -3.40. The van der Waals surface area contributed by atoms with E-state index in [0.29, 0.717) is 25.0 Å². The van der Waals surface area contributed by atoms with Gasteiger partial charge in [0.15, 0.2) is 27.3 Å². The lowest BCUT2D eigenvalue weighted by molar-refractivity contribution is -0.128. The van der Waals surface area contributed by atoms with Crippen LogP contribution in [0.2, 0.25) is 5.02 Å². The van der Waals surface area contributed by atoms with E-state index in [1.807, 2.05) is 0 Å². The summed E-state index contributed by atoms with van der Waals surface area (Å²) in [6, 6.07) is 3.64. The molecule has 1 aliphatic heterocycles. The lowest BCUT2D eigenvalue weighted by Gasteiger charge is -2.42. The minimum Gasteiger partial charge on any atom is -0.444 e. The molecule has 1 heterocycles. The zero-order valence-electron chi connectivity index (χ0n) is 26.4. The van der Waals surface area contributed by atoms with Gasteiger partial charge in [-0.3, -0.25) is 14.5 Å². The van der Waals surface area contributed by atoms with Crippen molar-refractivity contribution >= 4 is 45.0 Å². The van der Waals surface area contributed by atoms with Crippen molar-refractivity contribution in [3.05, 3.63) is 58.4 Å². The molecule has 0 spiro atoms. The van der Waals surface area contributed by atoms with Gasteiger partial charge in [-0.25, -0.2) is 26.4 Å². The van der Waals surface area contributed by atoms with Gasteiger partial charge in [-0.05, 0) is 76.5 Å². The minimum absolute atomic E-state index is 0.00774. The van der Waals surface area contributed by atoms with Crippen LogP contribution in [0.3, 0.4) is 0 Å². The molecule has 48 heavy (non-hydrogen) atoms. The van der Waals surface area contributed by atoms with Crippen molar-refractivity contribution in [1.29, 1.82) is 0 Å². The third-order valence-corrected chi connectivity index (χ3v) is 12.0. The first-order valence-electron chi connectivity index (χ1n) is 15.5. The monoisotopic (exact) mass is 715 g/mol. The molecule has 4 N–H and O–H groups in total. The predicted molar refractivity (Wildman–Crippen MR) is 167 cm³/mol. The maximum Gasteiger partial charge on any atom is 0.411 e. The molecule has 11 nitrogen and oxygen atoms in total. The maximum atomic E-state index is 13.9. The average Bonchev–Trinajstić information content (AvgIpc) is 3.42. The SMILES string of the molecule is CC(C)(C)OC(=O)N1C[C@@H](O)C[C@H]1C(=O)NCC1(O)C2CCC1CC(S(=O)(=O)c1cc(C(=O)Nc3cc(F)c(F)c(F)c3)ccc1Cl)C2. The van der Waals surface area contributed by atoms with E-state index in [-0.39, 0.29) is 53.5 Å². The summed E-state index contributed by atoms with van der Waals surface area (Å²) in [5.41, 5.74) is -2.81. The summed E-state index contributed by atoms with van der Waals surface area (Å²) in [5, 5.41) is 25.7. The first kappa shape index (κ1) is 35.9. The highest BCUT2D eigenvalue weighted by molar-refractivity contribution is 7.92. The number of benzene rings is 2. The van der Waals surface area contributed by atoms with Crippen molar-refractivity contribution in [3.8, 4) is 0 Å². The number of anilines is 1. The highest BCUT2D eigenvalue weighted by Crippen LogP contribution is 2.52. The smallest absolute Gasteiger partial charge is 0.411 e. The number of sulfone groups is 1. The van der Waals surface area contributed by atoms with Crippen LogP contribution < -0.4 is 10.6 Å². The summed E-state index contributed by atoms with van der Waals surface area (Å²) in [5.74, 6) is -7.26. The fourth-order valence-corrected chi connectivity index (χ4v) is 9.36. The molecular formula is C32H37ClF3N3O8S. The number of carbonyl (C=O) groups excluding carboxylic acids is 3. The van der Waals surface area contributed by atoms with Gasteiger partial charge in [-0.1, -0.05) is 11.6 Å². The number of aliphatic hydroxyl groups is 2. The van der Waals surface area contributed by atoms with Crippen molar-refractivity contribution < 1.29 is 50.9 Å². The Labute approximate surface area is 280 Å². The molecule has 2 bridgehead atoms. The number of β-amino-alcohol motifs (C(OH)–C–C–N with tert-alkyl or cyclic N) is 1. The van der Waals surface area contributed by atoms with E-state index in [1.165, 1.54) is 12.1 Å². The largest absolute Gasteiger partial charge is 0.444 e. The zero-order valence-corrected chi connectivity index (χ0v) is 28.0. The van der Waals surface area contributed by atoms with Crippen molar-refractivity contribution in [2.24, 2.45) is 11.8 Å². The van der Waals surface area contributed by atoms with Gasteiger partial charge < -0.3 is 25.6 Å². The first-order chi connectivity index (χ1) is 22.3. The van der Waals surface area contributed by atoms with E-state index < -0.39 is 85.6 Å². The quantitative estimate of drug-likeness (QED) is 0.311. The van der Waals surface area contributed by atoms with E-state index in [9.17, 15) is 46.2 Å². The molecule has 3 aliphatic rings. The third kappa shape index (κ3) is 7.14. The molecule has 5 rings (SSSR count). The van der Waals surface area contributed by atoms with Crippen LogP contribution in [0.4, 0.5) is 23.7 Å². The number of hydrogen-bond acceptors (Lipinski definition) is 8. The number of aliphatic hydroxyl groups excluding tert-OH is 1. The van der Waals surface area contributed by atoms with E-state index in [1.54, 1.807) is 20.8 Å². The summed E-state index contributed by atoms with van der Waals surface area (Å²) in [6.07, 6.45) is -0.615. The molecule has 262 valence electrons. The van der Waals surface area contributed by atoms with Gasteiger partial charge in [-0.2, -0.15) is 0 Å². The van der Waals surface area contributed by atoms with Crippen LogP contribution in [0.1, 0.15) is 63.2 Å². The second-order valence-electron chi connectivity index (χ2n) is 13.7. The number of fused-ring (bicyclic) bond motifs is 2. The topological polar surface area (TPSA) is 162 Å². The molecule has 2 aliphatic carbocycles. The first-order valence-corrected chi connectivity index (χ1v) is 17.4. The van der Waals surface area contributed by atoms with Crippen molar-refractivity contribution in [2.75, 3.05) is 18.4 Å². The van der Waals surface area contributed by atoms with Crippen LogP contribution in [0.5, 0.6) is 0 Å². The normalized spacial score (nSPS) is 27.1. The molecule has 0 aromatic heterocycles. The molecule has 2 aromatic carbocycles. The van der Waals surface area contributed by atoms with Gasteiger partial charge in [0, 0.05) is 36.3 Å². The average molecular weight is 716 g/mol. The zero-order chi connectivity index (χ0) is 35.3. The van der Waals surface area contributed by atoms with Gasteiger partial charge in [-0.15, -0.1) is 0 Å². The van der Waals surface area contributed by atoms with Gasteiger partial charge >= 0.3 is 6.09 Å². The lowest BCUT2D eigenvalue weighted by atomic mass is 9.74. The van der Waals surface area contributed by atoms with E-state index in [2.05, 4.69) is 10.6 Å². The number of nitrogens with one attached hydrogen (secondary N) is 2. The molecule has 4 atom stereocenters. The second-order valence-corrected chi connectivity index (χ2v) is 16.3. The Morgan fingerprint density at radius 2 is 1.65 bits per heavy atom. The van der Waals surface area contributed by atoms with Crippen molar-refractivity contribution in [3.63, 3.8) is 0 Å². The standard InChI is InChI=1S/C32H37ClF3N3O8S/c1-31(2,3)47-30(43)39-14-20(40)13-25(39)29(42)37-15-32(44)17-5-6-18(32)10-21(9-17)48(45,46)26-8-16(4-7-22(26)33)28(41)38-19-11-23(34)27(36)24(35)12-19/h4,7-8,11-12,17-18,20-21,25,40,44H,5-6,9-10,13-15H2,1-3H3,(H,37,42)(H,38,41)/t17?,18?,20-,21?,25-,32?/m0/s1. The summed E-state index contributed by atoms with van der Waals surface area (Å²) in [6.45, 7) is 4.76. The summed E-state index contributed by atoms with van der Waals surface area (Å²) in [4.78, 5) is 39.6. The van der Waals surface area contributed by atoms with Crippen LogP contribution in [0, 0.1) is 29.3 Å².